The molecule has 0 atom stereocenters. The number of hydrogen-bond donors (Lipinski definition) is 0. The fourth-order valence-corrected chi connectivity index (χ4v) is 5.11. The molecular formula is C20H22Cl2N2O3S. The topological polar surface area (TPSA) is 57.7 Å². The molecule has 5 nitrogen and oxygen atoms in total. The average molecular weight is 441 g/mol. The van der Waals surface area contributed by atoms with Gasteiger partial charge in [0.1, 0.15) is 6.54 Å². The monoisotopic (exact) mass is 440 g/mol. The zero-order valence-electron chi connectivity index (χ0n) is 15.6. The van der Waals surface area contributed by atoms with Crippen molar-refractivity contribution in [2.24, 2.45) is 0 Å². The second-order valence-corrected chi connectivity index (χ2v) is 9.63. The van der Waals surface area contributed by atoms with Crippen LogP contribution >= 0.6 is 23.2 Å². The summed E-state index contributed by atoms with van der Waals surface area (Å²) in [6.07, 6.45) is 2.94. The molecule has 1 heterocycles. The summed E-state index contributed by atoms with van der Waals surface area (Å²) in [5, 5.41) is 0.606. The van der Waals surface area contributed by atoms with E-state index in [9.17, 15) is 13.2 Å². The number of halogens is 2. The second kappa shape index (κ2) is 8.72. The van der Waals surface area contributed by atoms with Crippen LogP contribution in [0.15, 0.2) is 47.4 Å². The van der Waals surface area contributed by atoms with Gasteiger partial charge in [0.15, 0.2) is 0 Å². The molecule has 0 unspecified atom stereocenters. The number of hydrogen-bond acceptors (Lipinski definition) is 3. The Morgan fingerprint density at radius 3 is 2.14 bits per heavy atom. The molecule has 1 aliphatic rings. The van der Waals surface area contributed by atoms with Gasteiger partial charge in [-0.1, -0.05) is 40.9 Å². The highest BCUT2D eigenvalue weighted by Crippen LogP contribution is 2.30. The molecule has 0 aliphatic carbocycles. The number of amides is 1. The van der Waals surface area contributed by atoms with Crippen molar-refractivity contribution in [3.05, 3.63) is 58.1 Å². The summed E-state index contributed by atoms with van der Waals surface area (Å²) in [4.78, 5) is 14.7. The lowest BCUT2D eigenvalue weighted by Gasteiger charge is -2.30. The van der Waals surface area contributed by atoms with Gasteiger partial charge in [-0.05, 0) is 56.5 Å². The van der Waals surface area contributed by atoms with Crippen molar-refractivity contribution >= 4 is 44.8 Å². The Bertz CT molecular complexity index is 936. The number of carbonyl (C=O) groups excluding carboxylic acids is 1. The Balaban J connectivity index is 2.00. The van der Waals surface area contributed by atoms with Gasteiger partial charge in [0.05, 0.1) is 10.6 Å². The molecule has 1 fully saturated rings. The summed E-state index contributed by atoms with van der Waals surface area (Å²) in [6.45, 7) is 2.87. The zero-order chi connectivity index (χ0) is 20.3. The molecule has 1 saturated heterocycles. The van der Waals surface area contributed by atoms with Crippen molar-refractivity contribution in [2.45, 2.75) is 31.1 Å². The minimum absolute atomic E-state index is 0.112. The standard InChI is InChI=1S/C20H22Cl2N2O3S/c1-15-5-7-19(8-6-15)28(26,27)24(18-12-16(21)11-17(22)13-18)14-20(25)23-9-3-2-4-10-23/h5-8,11-13H,2-4,9-10,14H2,1H3. The molecule has 0 spiro atoms. The van der Waals surface area contributed by atoms with Crippen LogP contribution in [-0.4, -0.2) is 38.9 Å². The van der Waals surface area contributed by atoms with Gasteiger partial charge in [0.25, 0.3) is 10.0 Å². The number of carbonyl (C=O) groups is 1. The third kappa shape index (κ3) is 4.80. The van der Waals surface area contributed by atoms with Crippen molar-refractivity contribution in [1.82, 2.24) is 4.90 Å². The highest BCUT2D eigenvalue weighted by molar-refractivity contribution is 7.92. The highest BCUT2D eigenvalue weighted by atomic mass is 35.5. The maximum absolute atomic E-state index is 13.4. The number of aryl methyl sites for hydroxylation is 1. The number of nitrogens with zero attached hydrogens (tertiary/aromatic N) is 2. The van der Waals surface area contributed by atoms with E-state index in [1.54, 1.807) is 17.0 Å². The van der Waals surface area contributed by atoms with Crippen LogP contribution in [0.4, 0.5) is 5.69 Å². The highest BCUT2D eigenvalue weighted by Gasteiger charge is 2.29. The van der Waals surface area contributed by atoms with Gasteiger partial charge < -0.3 is 4.90 Å². The van der Waals surface area contributed by atoms with E-state index < -0.39 is 10.0 Å². The smallest absolute Gasteiger partial charge is 0.264 e. The molecule has 0 radical (unpaired) electrons. The lowest BCUT2D eigenvalue weighted by Crippen LogP contribution is -2.44. The van der Waals surface area contributed by atoms with Crippen molar-refractivity contribution in [2.75, 3.05) is 23.9 Å². The summed E-state index contributed by atoms with van der Waals surface area (Å²) in [6, 6.07) is 11.1. The summed E-state index contributed by atoms with van der Waals surface area (Å²) < 4.78 is 27.8. The first-order valence-corrected chi connectivity index (χ1v) is 11.3. The summed E-state index contributed by atoms with van der Waals surface area (Å²) >= 11 is 12.2. The van der Waals surface area contributed by atoms with Crippen LogP contribution in [0.2, 0.25) is 10.0 Å². The Kier molecular flexibility index (Phi) is 6.53. The molecule has 2 aromatic rings. The number of anilines is 1. The van der Waals surface area contributed by atoms with Crippen LogP contribution in [-0.2, 0) is 14.8 Å². The lowest BCUT2D eigenvalue weighted by molar-refractivity contribution is -0.130. The van der Waals surface area contributed by atoms with E-state index in [0.29, 0.717) is 23.1 Å². The third-order valence-electron chi connectivity index (χ3n) is 4.73. The first-order valence-electron chi connectivity index (χ1n) is 9.10. The number of rotatable bonds is 5. The predicted octanol–water partition coefficient (Wildman–Crippen LogP) is 4.51. The number of likely N-dealkylation sites (tertiary alicyclic amines) is 1. The van der Waals surface area contributed by atoms with Gasteiger partial charge >= 0.3 is 0 Å². The van der Waals surface area contributed by atoms with Crippen LogP contribution in [0.5, 0.6) is 0 Å². The Hall–Kier alpha value is -1.76. The third-order valence-corrected chi connectivity index (χ3v) is 6.96. The van der Waals surface area contributed by atoms with E-state index in [0.717, 1.165) is 29.1 Å². The fraction of sp³-hybridized carbons (Fsp3) is 0.350. The maximum Gasteiger partial charge on any atom is 0.264 e. The molecule has 150 valence electrons. The van der Waals surface area contributed by atoms with E-state index in [1.165, 1.54) is 30.3 Å². The van der Waals surface area contributed by atoms with Crippen molar-refractivity contribution < 1.29 is 13.2 Å². The van der Waals surface area contributed by atoms with Gasteiger partial charge in [0, 0.05) is 23.1 Å². The van der Waals surface area contributed by atoms with Gasteiger partial charge in [0.2, 0.25) is 5.91 Å². The molecular weight excluding hydrogens is 419 g/mol. The molecule has 1 aliphatic heterocycles. The SMILES string of the molecule is Cc1ccc(S(=O)(=O)N(CC(=O)N2CCCCC2)c2cc(Cl)cc(Cl)c2)cc1. The quantitative estimate of drug-likeness (QED) is 0.686. The van der Waals surface area contributed by atoms with Crippen molar-refractivity contribution in [1.29, 1.82) is 0 Å². The lowest BCUT2D eigenvalue weighted by atomic mass is 10.1. The second-order valence-electron chi connectivity index (χ2n) is 6.89. The molecule has 1 amide bonds. The van der Waals surface area contributed by atoms with Gasteiger partial charge in [-0.2, -0.15) is 0 Å². The van der Waals surface area contributed by atoms with E-state index in [1.807, 2.05) is 6.92 Å². The van der Waals surface area contributed by atoms with Gasteiger partial charge in [-0.15, -0.1) is 0 Å². The normalized spacial score (nSPS) is 14.8. The van der Waals surface area contributed by atoms with Crippen molar-refractivity contribution in [3.63, 3.8) is 0 Å². The average Bonchev–Trinajstić information content (AvgIpc) is 2.66. The fourth-order valence-electron chi connectivity index (χ4n) is 3.20. The predicted molar refractivity (Wildman–Crippen MR) is 113 cm³/mol. The van der Waals surface area contributed by atoms with Crippen LogP contribution in [0.25, 0.3) is 0 Å². The molecule has 0 bridgehead atoms. The minimum atomic E-state index is -3.97. The van der Waals surface area contributed by atoms with Crippen LogP contribution in [0.3, 0.4) is 0 Å². The van der Waals surface area contributed by atoms with Crippen LogP contribution < -0.4 is 4.31 Å². The first-order chi connectivity index (χ1) is 13.3. The minimum Gasteiger partial charge on any atom is -0.341 e. The Morgan fingerprint density at radius 1 is 1.00 bits per heavy atom. The molecule has 0 aromatic heterocycles. The van der Waals surface area contributed by atoms with Gasteiger partial charge in [-0.3, -0.25) is 9.10 Å². The summed E-state index contributed by atoms with van der Waals surface area (Å²) in [5.41, 5.74) is 1.21. The molecule has 2 aromatic carbocycles. The molecule has 0 saturated carbocycles. The molecule has 3 rings (SSSR count). The zero-order valence-corrected chi connectivity index (χ0v) is 17.9. The van der Waals surface area contributed by atoms with E-state index in [4.69, 9.17) is 23.2 Å². The molecule has 0 N–H and O–H groups in total. The van der Waals surface area contributed by atoms with E-state index in [2.05, 4.69) is 0 Å². The van der Waals surface area contributed by atoms with Crippen LogP contribution in [0, 0.1) is 6.92 Å². The van der Waals surface area contributed by atoms with Crippen LogP contribution in [0.1, 0.15) is 24.8 Å². The van der Waals surface area contributed by atoms with Gasteiger partial charge in [-0.25, -0.2) is 8.42 Å². The molecule has 8 heteroatoms. The number of piperidine rings is 1. The van der Waals surface area contributed by atoms with E-state index >= 15 is 0 Å². The van der Waals surface area contributed by atoms with Crippen molar-refractivity contribution in [3.8, 4) is 0 Å². The summed E-state index contributed by atoms with van der Waals surface area (Å²) in [7, 11) is -3.97. The van der Waals surface area contributed by atoms with E-state index in [-0.39, 0.29) is 23.0 Å². The number of sulfonamides is 1. The first kappa shape index (κ1) is 21.0. The Labute approximate surface area is 175 Å². The summed E-state index contributed by atoms with van der Waals surface area (Å²) in [5.74, 6) is -0.230. The largest absolute Gasteiger partial charge is 0.341 e. The number of benzene rings is 2. The maximum atomic E-state index is 13.4. The Morgan fingerprint density at radius 2 is 1.57 bits per heavy atom. The molecule has 28 heavy (non-hydrogen) atoms.